The molecule has 0 aliphatic heterocycles. The second-order valence-corrected chi connectivity index (χ2v) is 9.60. The van der Waals surface area contributed by atoms with E-state index in [1.165, 1.54) is 31.0 Å². The van der Waals surface area contributed by atoms with Gasteiger partial charge in [-0.3, -0.25) is 14.3 Å². The Morgan fingerprint density at radius 1 is 1.12 bits per heavy atom. The largest absolute Gasteiger partial charge is 0.339 e. The maximum Gasteiger partial charge on any atom is 0.236 e. The zero-order valence-corrected chi connectivity index (χ0v) is 19.7. The predicted molar refractivity (Wildman–Crippen MR) is 128 cm³/mol. The summed E-state index contributed by atoms with van der Waals surface area (Å²) in [5.74, 6) is 0.963. The molecule has 0 N–H and O–H groups in total. The molecule has 1 aromatic carbocycles. The van der Waals surface area contributed by atoms with Crippen molar-refractivity contribution in [3.05, 3.63) is 60.4 Å². The van der Waals surface area contributed by atoms with E-state index < -0.39 is 0 Å². The fourth-order valence-electron chi connectivity index (χ4n) is 4.42. The molecule has 168 valence electrons. The number of aromatic nitrogens is 4. The van der Waals surface area contributed by atoms with Gasteiger partial charge in [-0.1, -0.05) is 61.4 Å². The van der Waals surface area contributed by atoms with Crippen molar-refractivity contribution < 1.29 is 4.79 Å². The van der Waals surface area contributed by atoms with E-state index >= 15 is 0 Å². The zero-order chi connectivity index (χ0) is 22.3. The van der Waals surface area contributed by atoms with E-state index in [-0.39, 0.29) is 11.2 Å². The molecule has 7 heteroatoms. The number of thioether (sulfide) groups is 1. The molecule has 2 heterocycles. The van der Waals surface area contributed by atoms with Gasteiger partial charge in [0.2, 0.25) is 5.91 Å². The Hall–Kier alpha value is -2.67. The van der Waals surface area contributed by atoms with Crippen molar-refractivity contribution in [2.24, 2.45) is 0 Å². The summed E-state index contributed by atoms with van der Waals surface area (Å²) in [7, 11) is 0. The average molecular weight is 450 g/mol. The molecule has 1 fully saturated rings. The molecule has 1 atom stereocenters. The van der Waals surface area contributed by atoms with Crippen LogP contribution in [0.25, 0.3) is 11.4 Å². The highest BCUT2D eigenvalue weighted by atomic mass is 32.2. The molecule has 0 spiro atoms. The van der Waals surface area contributed by atoms with Gasteiger partial charge in [0.25, 0.3) is 0 Å². The molecule has 1 unspecified atom stereocenters. The summed E-state index contributed by atoms with van der Waals surface area (Å²) < 4.78 is 2.09. The minimum atomic E-state index is -0.225. The molecule has 1 aliphatic rings. The van der Waals surface area contributed by atoms with Gasteiger partial charge in [0.05, 0.1) is 11.8 Å². The summed E-state index contributed by atoms with van der Waals surface area (Å²) >= 11 is 1.50. The topological polar surface area (TPSA) is 63.9 Å². The van der Waals surface area contributed by atoms with Crippen LogP contribution >= 0.6 is 11.8 Å². The number of carbonyl (C=O) groups excluding carboxylic acids is 1. The van der Waals surface area contributed by atoms with Crippen molar-refractivity contribution in [1.82, 2.24) is 24.6 Å². The van der Waals surface area contributed by atoms with Crippen molar-refractivity contribution in [3.63, 3.8) is 0 Å². The minimum absolute atomic E-state index is 0.196. The molecule has 0 saturated heterocycles. The first-order valence-corrected chi connectivity index (χ1v) is 12.4. The van der Waals surface area contributed by atoms with Crippen LogP contribution in [-0.2, 0) is 11.3 Å². The first kappa shape index (κ1) is 22.5. The van der Waals surface area contributed by atoms with Crippen molar-refractivity contribution in [2.75, 3.05) is 6.54 Å². The Labute approximate surface area is 194 Å². The van der Waals surface area contributed by atoms with E-state index in [1.54, 1.807) is 12.4 Å². The Morgan fingerprint density at radius 3 is 2.59 bits per heavy atom. The molecule has 3 aromatic rings. The molecular formula is C25H31N5OS. The van der Waals surface area contributed by atoms with E-state index in [4.69, 9.17) is 0 Å². The third-order valence-corrected chi connectivity index (χ3v) is 7.16. The van der Waals surface area contributed by atoms with Crippen LogP contribution in [0.3, 0.4) is 0 Å². The van der Waals surface area contributed by atoms with Crippen LogP contribution in [-0.4, -0.2) is 48.4 Å². The number of hydrogen-bond donors (Lipinski definition) is 0. The normalized spacial score (nSPS) is 15.4. The quantitative estimate of drug-likeness (QED) is 0.450. The Morgan fingerprint density at radius 2 is 1.91 bits per heavy atom. The second-order valence-electron chi connectivity index (χ2n) is 8.30. The lowest BCUT2D eigenvalue weighted by Gasteiger charge is -2.35. The molecule has 32 heavy (non-hydrogen) atoms. The lowest BCUT2D eigenvalue weighted by molar-refractivity contribution is -0.133. The fraction of sp³-hybridized carbons (Fsp3) is 0.440. The molecular weight excluding hydrogens is 418 g/mol. The van der Waals surface area contributed by atoms with E-state index in [2.05, 4.69) is 43.7 Å². The molecule has 4 rings (SSSR count). The van der Waals surface area contributed by atoms with Gasteiger partial charge >= 0.3 is 0 Å². The average Bonchev–Trinajstić information content (AvgIpc) is 3.23. The zero-order valence-electron chi connectivity index (χ0n) is 18.9. The van der Waals surface area contributed by atoms with Gasteiger partial charge in [0, 0.05) is 30.5 Å². The number of amides is 1. The summed E-state index contributed by atoms with van der Waals surface area (Å²) in [6.07, 6.45) is 9.51. The third-order valence-electron chi connectivity index (χ3n) is 6.09. The van der Waals surface area contributed by atoms with Gasteiger partial charge in [-0.15, -0.1) is 10.2 Å². The molecule has 6 nitrogen and oxygen atoms in total. The van der Waals surface area contributed by atoms with E-state index in [9.17, 15) is 4.79 Å². The van der Waals surface area contributed by atoms with Crippen LogP contribution in [0.2, 0.25) is 0 Å². The first-order chi connectivity index (χ1) is 15.7. The van der Waals surface area contributed by atoms with Crippen LogP contribution in [0.5, 0.6) is 0 Å². The summed E-state index contributed by atoms with van der Waals surface area (Å²) in [5, 5.41) is 9.50. The lowest BCUT2D eigenvalue weighted by atomic mass is 9.94. The van der Waals surface area contributed by atoms with Crippen LogP contribution in [0, 0.1) is 0 Å². The maximum atomic E-state index is 13.4. The highest BCUT2D eigenvalue weighted by molar-refractivity contribution is 8.00. The highest BCUT2D eigenvalue weighted by Gasteiger charge is 2.29. The monoisotopic (exact) mass is 449 g/mol. The minimum Gasteiger partial charge on any atom is -0.339 e. The smallest absolute Gasteiger partial charge is 0.236 e. The summed E-state index contributed by atoms with van der Waals surface area (Å²) in [6.45, 7) is 5.47. The van der Waals surface area contributed by atoms with Crippen LogP contribution in [0.4, 0.5) is 0 Å². The van der Waals surface area contributed by atoms with Crippen LogP contribution < -0.4 is 0 Å². The number of carbonyl (C=O) groups is 1. The lowest BCUT2D eigenvalue weighted by Crippen LogP contribution is -2.44. The summed E-state index contributed by atoms with van der Waals surface area (Å²) in [6, 6.07) is 14.5. The summed E-state index contributed by atoms with van der Waals surface area (Å²) in [4.78, 5) is 19.7. The Balaban J connectivity index is 1.58. The van der Waals surface area contributed by atoms with E-state index in [0.717, 1.165) is 41.5 Å². The molecule has 1 saturated carbocycles. The van der Waals surface area contributed by atoms with Gasteiger partial charge in [-0.05, 0) is 44.4 Å². The number of nitrogens with zero attached hydrogens (tertiary/aromatic N) is 5. The molecule has 0 bridgehead atoms. The second kappa shape index (κ2) is 10.8. The molecule has 0 radical (unpaired) electrons. The van der Waals surface area contributed by atoms with Gasteiger partial charge in [-0.25, -0.2) is 0 Å². The number of benzene rings is 1. The number of hydrogen-bond acceptors (Lipinski definition) is 5. The van der Waals surface area contributed by atoms with E-state index in [1.807, 2.05) is 37.3 Å². The van der Waals surface area contributed by atoms with Gasteiger partial charge in [-0.2, -0.15) is 0 Å². The van der Waals surface area contributed by atoms with Gasteiger partial charge < -0.3 is 4.90 Å². The van der Waals surface area contributed by atoms with Crippen molar-refractivity contribution >= 4 is 17.7 Å². The third kappa shape index (κ3) is 5.21. The summed E-state index contributed by atoms with van der Waals surface area (Å²) in [5.41, 5.74) is 2.08. The molecule has 1 amide bonds. The van der Waals surface area contributed by atoms with Crippen molar-refractivity contribution in [1.29, 1.82) is 0 Å². The van der Waals surface area contributed by atoms with E-state index in [0.29, 0.717) is 12.6 Å². The Bertz CT molecular complexity index is 1000. The van der Waals surface area contributed by atoms with Crippen LogP contribution in [0.15, 0.2) is 60.0 Å². The molecule has 1 aliphatic carbocycles. The standard InChI is InChI=1S/C25H31N5OS/c1-3-29(22-14-8-5-9-15-22)24(31)19(2)32-25-28-27-23(21-13-10-16-26-17-21)30(25)18-20-11-6-4-7-12-20/h4,6-7,10-13,16-17,19,22H,3,5,8-9,14-15,18H2,1-2H3. The maximum absolute atomic E-state index is 13.4. The first-order valence-electron chi connectivity index (χ1n) is 11.5. The van der Waals surface area contributed by atoms with Gasteiger partial charge in [0.1, 0.15) is 0 Å². The molecule has 2 aromatic heterocycles. The van der Waals surface area contributed by atoms with Crippen LogP contribution in [0.1, 0.15) is 51.5 Å². The highest BCUT2D eigenvalue weighted by Crippen LogP contribution is 2.30. The Kier molecular flexibility index (Phi) is 7.58. The fourth-order valence-corrected chi connectivity index (χ4v) is 5.34. The number of pyridine rings is 1. The SMILES string of the molecule is CCN(C(=O)C(C)Sc1nnc(-c2cccnc2)n1Cc1ccccc1)C1CCCCC1. The van der Waals surface area contributed by atoms with Crippen molar-refractivity contribution in [2.45, 2.75) is 68.9 Å². The number of rotatable bonds is 8. The van der Waals surface area contributed by atoms with Gasteiger partial charge in [0.15, 0.2) is 11.0 Å². The van der Waals surface area contributed by atoms with Crippen molar-refractivity contribution in [3.8, 4) is 11.4 Å². The predicted octanol–water partition coefficient (Wildman–Crippen LogP) is 5.05.